The molecule has 0 saturated heterocycles. The van der Waals surface area contributed by atoms with Crippen molar-refractivity contribution in [3.8, 4) is 5.75 Å². The highest BCUT2D eigenvalue weighted by atomic mass is 16.5. The van der Waals surface area contributed by atoms with Crippen LogP contribution in [0.25, 0.3) is 0 Å². The van der Waals surface area contributed by atoms with Crippen molar-refractivity contribution in [2.24, 2.45) is 0 Å². The second kappa shape index (κ2) is 10.3. The summed E-state index contributed by atoms with van der Waals surface area (Å²) in [4.78, 5) is 32.8. The predicted octanol–water partition coefficient (Wildman–Crippen LogP) is 3.03. The van der Waals surface area contributed by atoms with Crippen LogP contribution in [-0.4, -0.2) is 39.3 Å². The van der Waals surface area contributed by atoms with Gasteiger partial charge in [-0.1, -0.05) is 31.4 Å². The van der Waals surface area contributed by atoms with Crippen LogP contribution in [0.5, 0.6) is 5.75 Å². The van der Waals surface area contributed by atoms with Gasteiger partial charge in [0.25, 0.3) is 0 Å². The first kappa shape index (κ1) is 19.5. The maximum absolute atomic E-state index is 11.3. The van der Waals surface area contributed by atoms with Crippen molar-refractivity contribution in [2.45, 2.75) is 51.0 Å². The molecule has 0 spiro atoms. The van der Waals surface area contributed by atoms with Gasteiger partial charge >= 0.3 is 17.9 Å². The molecule has 1 aromatic rings. The van der Waals surface area contributed by atoms with E-state index < -0.39 is 24.0 Å². The number of unbranched alkanes of at least 4 members (excludes halogenated alkanes) is 4. The Hall–Kier alpha value is -2.57. The van der Waals surface area contributed by atoms with Gasteiger partial charge in [0.2, 0.25) is 0 Å². The Morgan fingerprint density at radius 1 is 0.917 bits per heavy atom. The van der Waals surface area contributed by atoms with E-state index >= 15 is 0 Å². The number of hydrogen-bond donors (Lipinski definition) is 3. The number of ether oxygens (including phenoxy) is 1. The minimum absolute atomic E-state index is 0.0406. The Morgan fingerprint density at radius 3 is 2.17 bits per heavy atom. The van der Waals surface area contributed by atoms with Crippen LogP contribution in [0.2, 0.25) is 0 Å². The lowest BCUT2D eigenvalue weighted by Crippen LogP contribution is -2.27. The zero-order valence-electron chi connectivity index (χ0n) is 13.3. The summed E-state index contributed by atoms with van der Waals surface area (Å²) in [5, 5.41) is 26.8. The monoisotopic (exact) mass is 338 g/mol. The van der Waals surface area contributed by atoms with Crippen molar-refractivity contribution in [3.63, 3.8) is 0 Å². The van der Waals surface area contributed by atoms with Crippen LogP contribution >= 0.6 is 0 Å². The molecule has 0 saturated carbocycles. The summed E-state index contributed by atoms with van der Waals surface area (Å²) in [6, 6.07) is 5.93. The minimum Gasteiger partial charge on any atom is -0.481 e. The van der Waals surface area contributed by atoms with E-state index in [-0.39, 0.29) is 24.2 Å². The Morgan fingerprint density at radius 2 is 1.54 bits per heavy atom. The van der Waals surface area contributed by atoms with E-state index in [1.165, 1.54) is 12.1 Å². The molecule has 24 heavy (non-hydrogen) atoms. The smallest absolute Gasteiger partial charge is 0.344 e. The van der Waals surface area contributed by atoms with Crippen LogP contribution in [-0.2, 0) is 9.59 Å². The van der Waals surface area contributed by atoms with Gasteiger partial charge in [0.15, 0.2) is 6.10 Å². The number of carbonyl (C=O) groups is 3. The van der Waals surface area contributed by atoms with Gasteiger partial charge in [-0.25, -0.2) is 9.59 Å². The van der Waals surface area contributed by atoms with Crippen molar-refractivity contribution >= 4 is 17.9 Å². The van der Waals surface area contributed by atoms with Crippen LogP contribution in [0.1, 0.15) is 55.3 Å². The SMILES string of the molecule is O=C(O)CCCCCCCC(Oc1ccccc1C(=O)O)C(=O)O. The molecule has 1 rings (SSSR count). The number of rotatable bonds is 12. The van der Waals surface area contributed by atoms with E-state index in [9.17, 15) is 19.5 Å². The van der Waals surface area contributed by atoms with Crippen molar-refractivity contribution in [1.82, 2.24) is 0 Å². The number of hydrogen-bond acceptors (Lipinski definition) is 4. The molecular formula is C17H22O7. The number of para-hydroxylation sites is 1. The molecule has 0 bridgehead atoms. The number of aromatic carboxylic acids is 1. The Labute approximate surface area is 139 Å². The molecular weight excluding hydrogens is 316 g/mol. The zero-order chi connectivity index (χ0) is 17.9. The molecule has 7 heteroatoms. The summed E-state index contributed by atoms with van der Waals surface area (Å²) in [5.41, 5.74) is -0.0718. The summed E-state index contributed by atoms with van der Waals surface area (Å²) < 4.78 is 5.37. The highest BCUT2D eigenvalue weighted by molar-refractivity contribution is 5.91. The van der Waals surface area contributed by atoms with E-state index in [2.05, 4.69) is 0 Å². The van der Waals surface area contributed by atoms with Crippen LogP contribution in [0.4, 0.5) is 0 Å². The molecule has 1 aromatic carbocycles. The van der Waals surface area contributed by atoms with Gasteiger partial charge in [0, 0.05) is 6.42 Å². The summed E-state index contributed by atoms with van der Waals surface area (Å²) in [7, 11) is 0. The average Bonchev–Trinajstić information content (AvgIpc) is 2.52. The molecule has 7 nitrogen and oxygen atoms in total. The third-order valence-corrected chi connectivity index (χ3v) is 3.52. The first-order chi connectivity index (χ1) is 11.4. The second-order valence-corrected chi connectivity index (χ2v) is 5.45. The minimum atomic E-state index is -1.17. The Balaban J connectivity index is 2.44. The van der Waals surface area contributed by atoms with Gasteiger partial charge in [0.1, 0.15) is 11.3 Å². The fourth-order valence-electron chi connectivity index (χ4n) is 2.27. The highest BCUT2D eigenvalue weighted by Gasteiger charge is 2.21. The number of benzene rings is 1. The maximum Gasteiger partial charge on any atom is 0.344 e. The maximum atomic E-state index is 11.3. The first-order valence-electron chi connectivity index (χ1n) is 7.85. The summed E-state index contributed by atoms with van der Waals surface area (Å²) in [6.07, 6.45) is 2.91. The summed E-state index contributed by atoms with van der Waals surface area (Å²) >= 11 is 0. The van der Waals surface area contributed by atoms with Crippen LogP contribution < -0.4 is 4.74 Å². The van der Waals surface area contributed by atoms with E-state index in [4.69, 9.17) is 14.9 Å². The summed E-state index contributed by atoms with van der Waals surface area (Å²) in [6.45, 7) is 0. The van der Waals surface area contributed by atoms with Crippen LogP contribution in [0, 0.1) is 0 Å². The standard InChI is InChI=1S/C17H22O7/c18-15(19)11-5-3-1-2-4-10-14(17(22)23)24-13-9-7-6-8-12(13)16(20)21/h6-9,14H,1-5,10-11H2,(H,18,19)(H,20,21)(H,22,23). The Bertz CT molecular complexity index is 568. The van der Waals surface area contributed by atoms with Crippen molar-refractivity contribution in [1.29, 1.82) is 0 Å². The van der Waals surface area contributed by atoms with Gasteiger partial charge in [0.05, 0.1) is 0 Å². The molecule has 0 heterocycles. The molecule has 1 atom stereocenters. The topological polar surface area (TPSA) is 121 Å². The van der Waals surface area contributed by atoms with Gasteiger partial charge in [-0.3, -0.25) is 4.79 Å². The van der Waals surface area contributed by atoms with Gasteiger partial charge in [-0.2, -0.15) is 0 Å². The summed E-state index contributed by atoms with van der Waals surface area (Å²) in [5.74, 6) is -3.08. The molecule has 132 valence electrons. The van der Waals surface area contributed by atoms with Crippen molar-refractivity contribution < 1.29 is 34.4 Å². The van der Waals surface area contributed by atoms with E-state index in [1.54, 1.807) is 12.1 Å². The molecule has 0 aliphatic heterocycles. The molecule has 0 radical (unpaired) electrons. The molecule has 0 aliphatic rings. The fourth-order valence-corrected chi connectivity index (χ4v) is 2.27. The third kappa shape index (κ3) is 7.13. The molecule has 3 N–H and O–H groups in total. The van der Waals surface area contributed by atoms with Gasteiger partial charge in [-0.05, 0) is 31.4 Å². The van der Waals surface area contributed by atoms with Gasteiger partial charge in [-0.15, -0.1) is 0 Å². The van der Waals surface area contributed by atoms with E-state index in [1.807, 2.05) is 0 Å². The third-order valence-electron chi connectivity index (χ3n) is 3.52. The van der Waals surface area contributed by atoms with Crippen LogP contribution in [0.3, 0.4) is 0 Å². The molecule has 1 unspecified atom stereocenters. The second-order valence-electron chi connectivity index (χ2n) is 5.45. The van der Waals surface area contributed by atoms with E-state index in [0.717, 1.165) is 19.3 Å². The number of carboxylic acid groups (broad SMARTS) is 3. The zero-order valence-corrected chi connectivity index (χ0v) is 13.3. The normalized spacial score (nSPS) is 11.7. The average molecular weight is 338 g/mol. The lowest BCUT2D eigenvalue weighted by atomic mass is 10.1. The lowest BCUT2D eigenvalue weighted by Gasteiger charge is -2.16. The number of aliphatic carboxylic acids is 2. The molecule has 0 aromatic heterocycles. The first-order valence-corrected chi connectivity index (χ1v) is 7.85. The highest BCUT2D eigenvalue weighted by Crippen LogP contribution is 2.21. The van der Waals surface area contributed by atoms with Gasteiger partial charge < -0.3 is 20.1 Å². The quantitative estimate of drug-likeness (QED) is 0.501. The van der Waals surface area contributed by atoms with Crippen LogP contribution in [0.15, 0.2) is 24.3 Å². The molecule has 0 fully saturated rings. The number of carboxylic acids is 3. The van der Waals surface area contributed by atoms with E-state index in [0.29, 0.717) is 12.8 Å². The largest absolute Gasteiger partial charge is 0.481 e. The predicted molar refractivity (Wildman–Crippen MR) is 85.4 cm³/mol. The molecule has 0 amide bonds. The Kier molecular flexibility index (Phi) is 8.32. The fraction of sp³-hybridized carbons (Fsp3) is 0.471. The van der Waals surface area contributed by atoms with Crippen molar-refractivity contribution in [2.75, 3.05) is 0 Å². The lowest BCUT2D eigenvalue weighted by molar-refractivity contribution is -0.145. The molecule has 0 aliphatic carbocycles. The van der Waals surface area contributed by atoms with Crippen molar-refractivity contribution in [3.05, 3.63) is 29.8 Å².